The quantitative estimate of drug-likeness (QED) is 0.249. The lowest BCUT2D eigenvalue weighted by Crippen LogP contribution is -2.09. The Hall–Kier alpha value is -2.61. The summed E-state index contributed by atoms with van der Waals surface area (Å²) in [6, 6.07) is 13.5. The number of ether oxygens (including phenoxy) is 3. The molecule has 1 heterocycles. The van der Waals surface area contributed by atoms with Crippen molar-refractivity contribution in [3.05, 3.63) is 79.7 Å². The zero-order valence-corrected chi connectivity index (χ0v) is 21.6. The van der Waals surface area contributed by atoms with Gasteiger partial charge in [-0.3, -0.25) is 4.79 Å². The Morgan fingerprint density at radius 2 is 1.91 bits per heavy atom. The van der Waals surface area contributed by atoms with Crippen LogP contribution in [0.4, 0.5) is 4.39 Å². The zero-order valence-electron chi connectivity index (χ0n) is 19.4. The molecule has 0 fully saturated rings. The second-order valence-corrected chi connectivity index (χ2v) is 10.3. The second kappa shape index (κ2) is 9.21. The number of methoxy groups -OCH3 is 1. The molecule has 5 rings (SSSR count). The summed E-state index contributed by atoms with van der Waals surface area (Å²) in [5.74, 6) is 0.849. The fourth-order valence-corrected chi connectivity index (χ4v) is 6.24. The monoisotopic (exact) mass is 572 g/mol. The zero-order chi connectivity index (χ0) is 24.0. The molecule has 2 aliphatic rings. The van der Waals surface area contributed by atoms with E-state index in [0.29, 0.717) is 30.1 Å². The van der Waals surface area contributed by atoms with Crippen LogP contribution in [0.1, 0.15) is 52.7 Å². The van der Waals surface area contributed by atoms with Crippen molar-refractivity contribution in [3.63, 3.8) is 0 Å². The minimum absolute atomic E-state index is 0.0240. The number of fused-ring (bicyclic) bond motifs is 2. The summed E-state index contributed by atoms with van der Waals surface area (Å²) in [5.41, 5.74) is 7.33. The summed E-state index contributed by atoms with van der Waals surface area (Å²) in [6.07, 6.45) is 1.41. The van der Waals surface area contributed by atoms with Gasteiger partial charge in [-0.05, 0) is 101 Å². The molecule has 4 nitrogen and oxygen atoms in total. The molecule has 0 N–H and O–H groups in total. The number of halogens is 2. The molecule has 34 heavy (non-hydrogen) atoms. The lowest BCUT2D eigenvalue weighted by Gasteiger charge is -2.19. The van der Waals surface area contributed by atoms with E-state index in [4.69, 9.17) is 14.2 Å². The predicted octanol–water partition coefficient (Wildman–Crippen LogP) is 6.82. The van der Waals surface area contributed by atoms with Gasteiger partial charge in [-0.2, -0.15) is 0 Å². The van der Waals surface area contributed by atoms with Crippen LogP contribution in [0.15, 0.2) is 42.5 Å². The van der Waals surface area contributed by atoms with Gasteiger partial charge in [0.15, 0.2) is 0 Å². The van der Waals surface area contributed by atoms with Crippen LogP contribution in [-0.4, -0.2) is 19.7 Å². The number of rotatable bonds is 5. The first-order chi connectivity index (χ1) is 16.4. The third kappa shape index (κ3) is 4.17. The molecule has 6 heteroatoms. The van der Waals surface area contributed by atoms with Gasteiger partial charge in [0.2, 0.25) is 0 Å². The standard InChI is InChI=1S/C28H26FIO4/c1-15-10-18(30)11-16(2)27(15)21-6-8-23(29)28-22(21)7-9-24(28)34-19-4-5-20-17(12-26(31)32-3)14-33-25(20)13-19/h4-6,8,10-11,13,17,24H,7,9,12,14H2,1-3H3/t17?,24-/m1/s1. The van der Waals surface area contributed by atoms with Gasteiger partial charge in [0.05, 0.1) is 20.1 Å². The van der Waals surface area contributed by atoms with Crippen molar-refractivity contribution in [2.75, 3.05) is 13.7 Å². The van der Waals surface area contributed by atoms with Gasteiger partial charge < -0.3 is 14.2 Å². The number of carbonyl (C=O) groups is 1. The van der Waals surface area contributed by atoms with Gasteiger partial charge in [0, 0.05) is 26.7 Å². The third-order valence-electron chi connectivity index (χ3n) is 6.83. The van der Waals surface area contributed by atoms with Crippen molar-refractivity contribution < 1.29 is 23.4 Å². The van der Waals surface area contributed by atoms with Gasteiger partial charge >= 0.3 is 5.97 Å². The van der Waals surface area contributed by atoms with E-state index in [1.807, 2.05) is 24.3 Å². The Bertz CT molecular complexity index is 1260. The minimum atomic E-state index is -0.357. The van der Waals surface area contributed by atoms with Crippen molar-refractivity contribution in [2.45, 2.75) is 45.1 Å². The van der Waals surface area contributed by atoms with Crippen LogP contribution in [-0.2, 0) is 16.0 Å². The maximum absolute atomic E-state index is 15.1. The Morgan fingerprint density at radius 3 is 2.65 bits per heavy atom. The highest BCUT2D eigenvalue weighted by Gasteiger charge is 2.32. The highest BCUT2D eigenvalue weighted by Crippen LogP contribution is 2.45. The minimum Gasteiger partial charge on any atom is -0.492 e. The Balaban J connectivity index is 1.43. The molecule has 0 bridgehead atoms. The molecule has 1 aliphatic heterocycles. The van der Waals surface area contributed by atoms with Crippen LogP contribution >= 0.6 is 22.6 Å². The molecule has 3 aromatic carbocycles. The first-order valence-electron chi connectivity index (χ1n) is 11.4. The van der Waals surface area contributed by atoms with Gasteiger partial charge in [-0.15, -0.1) is 0 Å². The van der Waals surface area contributed by atoms with E-state index in [9.17, 15) is 4.79 Å². The van der Waals surface area contributed by atoms with Crippen LogP contribution in [0.5, 0.6) is 11.5 Å². The second-order valence-electron chi connectivity index (χ2n) is 9.03. The molecule has 0 aromatic heterocycles. The van der Waals surface area contributed by atoms with Crippen molar-refractivity contribution in [1.29, 1.82) is 0 Å². The Labute approximate surface area is 212 Å². The molecule has 2 atom stereocenters. The van der Waals surface area contributed by atoms with E-state index in [-0.39, 0.29) is 30.2 Å². The largest absolute Gasteiger partial charge is 0.492 e. The van der Waals surface area contributed by atoms with Crippen LogP contribution in [0.2, 0.25) is 0 Å². The van der Waals surface area contributed by atoms with Crippen LogP contribution in [0.25, 0.3) is 11.1 Å². The van der Waals surface area contributed by atoms with Crippen LogP contribution in [0, 0.1) is 23.2 Å². The molecule has 3 aromatic rings. The third-order valence-corrected chi connectivity index (χ3v) is 7.46. The molecule has 1 aliphatic carbocycles. The summed E-state index contributed by atoms with van der Waals surface area (Å²) in [5, 5.41) is 0. The number of esters is 1. The molecule has 0 spiro atoms. The van der Waals surface area contributed by atoms with Gasteiger partial charge in [-0.1, -0.05) is 12.1 Å². The predicted molar refractivity (Wildman–Crippen MR) is 137 cm³/mol. The summed E-state index contributed by atoms with van der Waals surface area (Å²) in [7, 11) is 1.39. The van der Waals surface area contributed by atoms with Crippen molar-refractivity contribution in [2.24, 2.45) is 0 Å². The van der Waals surface area contributed by atoms with E-state index in [1.54, 1.807) is 6.07 Å². The molecule has 0 saturated heterocycles. The normalized spacial score (nSPS) is 18.3. The average molecular weight is 572 g/mol. The van der Waals surface area contributed by atoms with Crippen molar-refractivity contribution >= 4 is 28.6 Å². The Kier molecular flexibility index (Phi) is 6.27. The fourth-order valence-electron chi connectivity index (χ4n) is 5.31. The summed E-state index contributed by atoms with van der Waals surface area (Å²) >= 11 is 2.33. The first kappa shape index (κ1) is 23.1. The number of benzene rings is 3. The maximum Gasteiger partial charge on any atom is 0.306 e. The highest BCUT2D eigenvalue weighted by molar-refractivity contribution is 14.1. The topological polar surface area (TPSA) is 44.8 Å². The highest BCUT2D eigenvalue weighted by atomic mass is 127. The number of aryl methyl sites for hydroxylation is 2. The molecule has 0 saturated carbocycles. The van der Waals surface area contributed by atoms with E-state index in [1.165, 1.54) is 27.4 Å². The number of hydrogen-bond acceptors (Lipinski definition) is 4. The molecule has 0 radical (unpaired) electrons. The molecular formula is C28H26FIO4. The molecular weight excluding hydrogens is 546 g/mol. The van der Waals surface area contributed by atoms with Crippen molar-refractivity contribution in [1.82, 2.24) is 0 Å². The van der Waals surface area contributed by atoms with Gasteiger partial charge in [0.1, 0.15) is 23.4 Å². The lowest BCUT2D eigenvalue weighted by atomic mass is 9.90. The number of carbonyl (C=O) groups excluding carboxylic acids is 1. The smallest absolute Gasteiger partial charge is 0.306 e. The van der Waals surface area contributed by atoms with Gasteiger partial charge in [-0.25, -0.2) is 4.39 Å². The lowest BCUT2D eigenvalue weighted by molar-refractivity contribution is -0.141. The molecule has 1 unspecified atom stereocenters. The first-order valence-corrected chi connectivity index (χ1v) is 12.5. The van der Waals surface area contributed by atoms with Crippen LogP contribution < -0.4 is 9.47 Å². The molecule has 176 valence electrons. The number of hydrogen-bond donors (Lipinski definition) is 0. The van der Waals surface area contributed by atoms with Crippen molar-refractivity contribution in [3.8, 4) is 22.6 Å². The van der Waals surface area contributed by atoms with E-state index < -0.39 is 0 Å². The van der Waals surface area contributed by atoms with E-state index in [2.05, 4.69) is 48.6 Å². The summed E-state index contributed by atoms with van der Waals surface area (Å²) in [6.45, 7) is 4.66. The fraction of sp³-hybridized carbons (Fsp3) is 0.321. The average Bonchev–Trinajstić information content (AvgIpc) is 3.39. The molecule has 0 amide bonds. The SMILES string of the molecule is COC(=O)CC1COc2cc(O[C@@H]3CCc4c(-c5c(C)cc(I)cc5C)ccc(F)c43)ccc21. The maximum atomic E-state index is 15.1. The summed E-state index contributed by atoms with van der Waals surface area (Å²) in [4.78, 5) is 11.7. The Morgan fingerprint density at radius 1 is 1.15 bits per heavy atom. The van der Waals surface area contributed by atoms with Gasteiger partial charge in [0.25, 0.3) is 0 Å². The van der Waals surface area contributed by atoms with E-state index >= 15 is 4.39 Å². The van der Waals surface area contributed by atoms with E-state index in [0.717, 1.165) is 23.1 Å². The summed E-state index contributed by atoms with van der Waals surface area (Å²) < 4.78 is 33.2. The van der Waals surface area contributed by atoms with Crippen LogP contribution in [0.3, 0.4) is 0 Å².